The number of nitrogens with one attached hydrogen (secondary N) is 1. The molecule has 8 heteroatoms. The Morgan fingerprint density at radius 2 is 1.67 bits per heavy atom. The van der Waals surface area contributed by atoms with Crippen molar-refractivity contribution in [2.75, 3.05) is 21.3 Å². The molecule has 0 aliphatic heterocycles. The normalized spacial score (nSPS) is 20.3. The maximum Gasteiger partial charge on any atom is 0.333 e. The third-order valence-electron chi connectivity index (χ3n) is 4.87. The summed E-state index contributed by atoms with van der Waals surface area (Å²) in [4.78, 5) is 36.3. The molecule has 0 unspecified atom stereocenters. The number of aliphatic carboxylic acids is 1. The summed E-state index contributed by atoms with van der Waals surface area (Å²) >= 11 is 0. The van der Waals surface area contributed by atoms with Gasteiger partial charge in [0.05, 0.1) is 21.3 Å². The number of hydrogen-bond acceptors (Lipinski definition) is 7. The predicted molar refractivity (Wildman–Crippen MR) is 92.9 cm³/mol. The lowest BCUT2D eigenvalue weighted by molar-refractivity contribution is -0.314. The van der Waals surface area contributed by atoms with Crippen LogP contribution >= 0.6 is 0 Å². The molecule has 1 aromatic rings. The highest BCUT2D eigenvalue weighted by atomic mass is 16.5. The second-order valence-electron chi connectivity index (χ2n) is 6.40. The van der Waals surface area contributed by atoms with Crippen molar-refractivity contribution in [2.45, 2.75) is 31.7 Å². The standard InChI is InChI=1S/C19H25NO7/c1-25-14-9-8-11(10-15(14)26-2)16(19(24)27-3)20-17(21)12-6-4-5-7-13(12)18(22)23/h8-10,12-13,16H,4-7H2,1-3H3,(H,20,21)(H,22,23)/p-1/t12-,13+,16+/m1/s1. The molecule has 0 saturated heterocycles. The summed E-state index contributed by atoms with van der Waals surface area (Å²) in [6.07, 6.45) is 2.31. The zero-order valence-electron chi connectivity index (χ0n) is 15.7. The van der Waals surface area contributed by atoms with E-state index < -0.39 is 35.7 Å². The summed E-state index contributed by atoms with van der Waals surface area (Å²) in [5.74, 6) is -3.15. The number of esters is 1. The Hall–Kier alpha value is -2.77. The Morgan fingerprint density at radius 3 is 2.22 bits per heavy atom. The van der Waals surface area contributed by atoms with E-state index in [0.29, 0.717) is 29.9 Å². The molecule has 2 rings (SSSR count). The molecule has 3 atom stereocenters. The van der Waals surface area contributed by atoms with E-state index >= 15 is 0 Å². The van der Waals surface area contributed by atoms with Crippen LogP contribution in [0.3, 0.4) is 0 Å². The van der Waals surface area contributed by atoms with Crippen LogP contribution in [0, 0.1) is 11.8 Å². The van der Waals surface area contributed by atoms with Gasteiger partial charge in [-0.25, -0.2) is 4.79 Å². The molecule has 1 fully saturated rings. The molecule has 0 aromatic heterocycles. The van der Waals surface area contributed by atoms with Gasteiger partial charge in [-0.2, -0.15) is 0 Å². The van der Waals surface area contributed by atoms with Gasteiger partial charge in [0, 0.05) is 17.8 Å². The predicted octanol–water partition coefficient (Wildman–Crippen LogP) is 0.590. The lowest BCUT2D eigenvalue weighted by atomic mass is 9.78. The zero-order valence-corrected chi connectivity index (χ0v) is 15.7. The molecular weight excluding hydrogens is 354 g/mol. The van der Waals surface area contributed by atoms with Crippen LogP contribution in [-0.2, 0) is 19.1 Å². The van der Waals surface area contributed by atoms with Crippen molar-refractivity contribution in [3.8, 4) is 11.5 Å². The van der Waals surface area contributed by atoms with Crippen molar-refractivity contribution in [3.63, 3.8) is 0 Å². The van der Waals surface area contributed by atoms with Crippen LogP contribution in [-0.4, -0.2) is 39.2 Å². The Labute approximate surface area is 157 Å². The van der Waals surface area contributed by atoms with E-state index in [4.69, 9.17) is 14.2 Å². The van der Waals surface area contributed by atoms with Crippen molar-refractivity contribution in [1.29, 1.82) is 0 Å². The molecule has 0 radical (unpaired) electrons. The number of carboxylic acids is 1. The fourth-order valence-electron chi connectivity index (χ4n) is 3.40. The quantitative estimate of drug-likeness (QED) is 0.691. The van der Waals surface area contributed by atoms with Gasteiger partial charge in [-0.05, 0) is 30.5 Å². The number of amides is 1. The summed E-state index contributed by atoms with van der Waals surface area (Å²) in [7, 11) is 4.16. The first kappa shape index (κ1) is 20.5. The topological polar surface area (TPSA) is 114 Å². The number of hydrogen-bond donors (Lipinski definition) is 1. The summed E-state index contributed by atoms with van der Waals surface area (Å²) in [5.41, 5.74) is 0.439. The summed E-state index contributed by atoms with van der Waals surface area (Å²) < 4.78 is 15.2. The SMILES string of the molecule is COC(=O)[C@@H](NC(=O)[C@@H]1CCCC[C@@H]1C(=O)[O-])c1ccc(OC)c(OC)c1. The van der Waals surface area contributed by atoms with Crippen molar-refractivity contribution in [2.24, 2.45) is 11.8 Å². The van der Waals surface area contributed by atoms with Crippen molar-refractivity contribution >= 4 is 17.8 Å². The Kier molecular flexibility index (Phi) is 7.04. The highest BCUT2D eigenvalue weighted by molar-refractivity contribution is 5.89. The first-order valence-corrected chi connectivity index (χ1v) is 8.73. The molecule has 0 spiro atoms. The molecule has 0 bridgehead atoms. The van der Waals surface area contributed by atoms with Gasteiger partial charge < -0.3 is 29.4 Å². The van der Waals surface area contributed by atoms with Gasteiger partial charge >= 0.3 is 5.97 Å². The van der Waals surface area contributed by atoms with Crippen molar-refractivity contribution in [3.05, 3.63) is 23.8 Å². The van der Waals surface area contributed by atoms with E-state index in [9.17, 15) is 19.5 Å². The minimum absolute atomic E-state index is 0.389. The number of carboxylic acid groups (broad SMARTS) is 1. The van der Waals surface area contributed by atoms with Crippen molar-refractivity contribution < 1.29 is 33.7 Å². The Balaban J connectivity index is 2.28. The highest BCUT2D eigenvalue weighted by Crippen LogP contribution is 2.33. The van der Waals surface area contributed by atoms with Gasteiger partial charge in [0.1, 0.15) is 0 Å². The fraction of sp³-hybridized carbons (Fsp3) is 0.526. The van der Waals surface area contributed by atoms with Gasteiger partial charge in [0.2, 0.25) is 5.91 Å². The number of rotatable bonds is 7. The van der Waals surface area contributed by atoms with E-state index in [-0.39, 0.29) is 0 Å². The second kappa shape index (κ2) is 9.25. The molecule has 148 valence electrons. The zero-order chi connectivity index (χ0) is 20.0. The maximum atomic E-state index is 12.7. The van der Waals surface area contributed by atoms with Gasteiger partial charge in [0.15, 0.2) is 17.5 Å². The number of methoxy groups -OCH3 is 3. The molecule has 1 N–H and O–H groups in total. The molecule has 0 heterocycles. The molecule has 8 nitrogen and oxygen atoms in total. The van der Waals surface area contributed by atoms with Crippen LogP contribution in [0.15, 0.2) is 18.2 Å². The van der Waals surface area contributed by atoms with E-state index in [1.165, 1.54) is 21.3 Å². The third-order valence-corrected chi connectivity index (χ3v) is 4.87. The largest absolute Gasteiger partial charge is 0.550 e. The summed E-state index contributed by atoms with van der Waals surface area (Å²) in [5, 5.41) is 14.0. The van der Waals surface area contributed by atoms with Crippen LogP contribution in [0.1, 0.15) is 37.3 Å². The minimum Gasteiger partial charge on any atom is -0.550 e. The number of carbonyl (C=O) groups excluding carboxylic acids is 3. The third kappa shape index (κ3) is 4.69. The molecule has 1 aromatic carbocycles. The van der Waals surface area contributed by atoms with Crippen molar-refractivity contribution in [1.82, 2.24) is 5.32 Å². The lowest BCUT2D eigenvalue weighted by Crippen LogP contribution is -2.46. The Bertz CT molecular complexity index is 703. The van der Waals surface area contributed by atoms with Crippen LogP contribution in [0.25, 0.3) is 0 Å². The minimum atomic E-state index is -1.24. The van der Waals surface area contributed by atoms with E-state index in [1.54, 1.807) is 18.2 Å². The van der Waals surface area contributed by atoms with E-state index in [0.717, 1.165) is 12.8 Å². The molecule has 1 aliphatic rings. The number of carbonyl (C=O) groups is 3. The molecular formula is C19H24NO7-. The van der Waals surface area contributed by atoms with E-state index in [1.807, 2.05) is 0 Å². The number of ether oxygens (including phenoxy) is 3. The van der Waals surface area contributed by atoms with Gasteiger partial charge in [-0.3, -0.25) is 4.79 Å². The van der Waals surface area contributed by atoms with Crippen LogP contribution in [0.2, 0.25) is 0 Å². The van der Waals surface area contributed by atoms with Gasteiger partial charge in [0.25, 0.3) is 0 Å². The van der Waals surface area contributed by atoms with Gasteiger partial charge in [-0.1, -0.05) is 18.9 Å². The molecule has 1 saturated carbocycles. The smallest absolute Gasteiger partial charge is 0.333 e. The fourth-order valence-corrected chi connectivity index (χ4v) is 3.40. The lowest BCUT2D eigenvalue weighted by Gasteiger charge is -2.32. The number of benzene rings is 1. The summed E-state index contributed by atoms with van der Waals surface area (Å²) in [6.45, 7) is 0. The van der Waals surface area contributed by atoms with Crippen LogP contribution in [0.5, 0.6) is 11.5 Å². The molecule has 27 heavy (non-hydrogen) atoms. The van der Waals surface area contributed by atoms with Crippen LogP contribution < -0.4 is 19.9 Å². The summed E-state index contributed by atoms with van der Waals surface area (Å²) in [6, 6.07) is 3.70. The monoisotopic (exact) mass is 378 g/mol. The van der Waals surface area contributed by atoms with Gasteiger partial charge in [-0.15, -0.1) is 0 Å². The van der Waals surface area contributed by atoms with E-state index in [2.05, 4.69) is 5.32 Å². The average molecular weight is 378 g/mol. The van der Waals surface area contributed by atoms with Crippen LogP contribution in [0.4, 0.5) is 0 Å². The maximum absolute atomic E-state index is 12.7. The average Bonchev–Trinajstić information content (AvgIpc) is 2.70. The second-order valence-corrected chi connectivity index (χ2v) is 6.40. The Morgan fingerprint density at radius 1 is 1.04 bits per heavy atom. The highest BCUT2D eigenvalue weighted by Gasteiger charge is 2.34. The molecule has 1 amide bonds. The first-order valence-electron chi connectivity index (χ1n) is 8.73. The molecule has 1 aliphatic carbocycles. The first-order chi connectivity index (χ1) is 12.9.